The molecule has 2 aromatic carbocycles. The van der Waals surface area contributed by atoms with E-state index in [2.05, 4.69) is 0 Å². The van der Waals surface area contributed by atoms with Crippen LogP contribution >= 0.6 is 0 Å². The van der Waals surface area contributed by atoms with Crippen molar-refractivity contribution in [2.24, 2.45) is 5.73 Å². The highest BCUT2D eigenvalue weighted by atomic mass is 16.7. The molecule has 1 unspecified atom stereocenters. The molecule has 0 radical (unpaired) electrons. The molecule has 0 aliphatic rings. The van der Waals surface area contributed by atoms with E-state index in [9.17, 15) is 20.2 Å². The van der Waals surface area contributed by atoms with Gasteiger partial charge in [0.1, 0.15) is 0 Å². The number of nitro groups is 2. The Labute approximate surface area is 223 Å². The van der Waals surface area contributed by atoms with Crippen LogP contribution in [0.1, 0.15) is 37.8 Å². The third kappa shape index (κ3) is 15.5. The number of methoxy groups -OCH3 is 3. The van der Waals surface area contributed by atoms with Crippen LogP contribution in [-0.4, -0.2) is 61.5 Å². The zero-order valence-corrected chi connectivity index (χ0v) is 22.6. The van der Waals surface area contributed by atoms with E-state index in [1.807, 2.05) is 6.92 Å². The number of hydrogen-bond donors (Lipinski definition) is 3. The van der Waals surface area contributed by atoms with Crippen molar-refractivity contribution in [2.45, 2.75) is 51.9 Å². The van der Waals surface area contributed by atoms with Gasteiger partial charge in [-0.15, -0.1) is 0 Å². The van der Waals surface area contributed by atoms with E-state index in [-0.39, 0.29) is 23.8 Å². The molecule has 0 heterocycles. The molecule has 12 nitrogen and oxygen atoms in total. The number of hydrogen-bond acceptors (Lipinski definition) is 10. The number of benzene rings is 2. The van der Waals surface area contributed by atoms with Gasteiger partial charge in [0.25, 0.3) is 11.4 Å². The lowest BCUT2D eigenvalue weighted by Crippen LogP contribution is -2.23. The normalized spacial score (nSPS) is 10.9. The highest BCUT2D eigenvalue weighted by molar-refractivity contribution is 5.83. The lowest BCUT2D eigenvalue weighted by atomic mass is 10.0. The van der Waals surface area contributed by atoms with Crippen molar-refractivity contribution >= 4 is 22.8 Å². The molecule has 210 valence electrons. The minimum Gasteiger partial charge on any atom is -0.382 e. The highest BCUT2D eigenvalue weighted by Gasteiger charge is 2.09. The van der Waals surface area contributed by atoms with E-state index >= 15 is 0 Å². The number of rotatable bonds is 13. The summed E-state index contributed by atoms with van der Waals surface area (Å²) >= 11 is 0. The Balaban J connectivity index is 0.000000597. The van der Waals surface area contributed by atoms with Crippen LogP contribution < -0.4 is 5.73 Å². The average Bonchev–Trinajstić information content (AvgIpc) is 2.89. The Morgan fingerprint density at radius 3 is 1.71 bits per heavy atom. The number of nitrogens with two attached hydrogens (primary N) is 1. The standard InChI is InChI=1S/C13H18N2O3.C9H10N2O2.C4H11NO2/c1-10(18-2)6-7-12(14)8-11-4-3-5-13(9-11)15(16)17;1-7(10)5-8-3-2-4-9(6-8)11(12)13;1-6-4(3-5)7-2/h3-5,9-10,14H,6-8H2,1-2H3;2-4,6,10H,5H2,1H3;4H,3,5H2,1-2H3. The Kier molecular flexibility index (Phi) is 17.7. The van der Waals surface area contributed by atoms with Crippen LogP contribution in [0.25, 0.3) is 0 Å². The summed E-state index contributed by atoms with van der Waals surface area (Å²) < 4.78 is 14.5. The van der Waals surface area contributed by atoms with Gasteiger partial charge in [-0.25, -0.2) is 0 Å². The molecule has 0 aliphatic heterocycles. The van der Waals surface area contributed by atoms with Gasteiger partial charge >= 0.3 is 0 Å². The number of nitrogens with zero attached hydrogens (tertiary/aromatic N) is 2. The van der Waals surface area contributed by atoms with Gasteiger partial charge in [-0.1, -0.05) is 24.3 Å². The first-order chi connectivity index (χ1) is 18.0. The number of non-ortho nitro benzene ring substituents is 2. The lowest BCUT2D eigenvalue weighted by molar-refractivity contribution is -0.385. The Morgan fingerprint density at radius 1 is 0.895 bits per heavy atom. The molecule has 38 heavy (non-hydrogen) atoms. The molecule has 12 heteroatoms. The molecular formula is C26H39N5O7. The molecule has 4 N–H and O–H groups in total. The van der Waals surface area contributed by atoms with Crippen molar-refractivity contribution in [3.8, 4) is 0 Å². The topological polar surface area (TPSA) is 188 Å². The number of nitro benzene ring substituents is 2. The third-order valence-electron chi connectivity index (χ3n) is 5.10. The van der Waals surface area contributed by atoms with Gasteiger partial charge in [0.15, 0.2) is 6.29 Å². The van der Waals surface area contributed by atoms with Crippen molar-refractivity contribution in [3.05, 3.63) is 79.9 Å². The van der Waals surface area contributed by atoms with E-state index in [0.717, 1.165) is 17.5 Å². The predicted octanol–water partition coefficient (Wildman–Crippen LogP) is 4.71. The summed E-state index contributed by atoms with van der Waals surface area (Å²) in [6, 6.07) is 12.8. The largest absolute Gasteiger partial charge is 0.382 e. The van der Waals surface area contributed by atoms with Crippen LogP contribution in [0.3, 0.4) is 0 Å². The summed E-state index contributed by atoms with van der Waals surface area (Å²) in [6.45, 7) is 4.05. The monoisotopic (exact) mass is 533 g/mol. The maximum Gasteiger partial charge on any atom is 0.269 e. The first-order valence-electron chi connectivity index (χ1n) is 11.8. The van der Waals surface area contributed by atoms with Crippen LogP contribution in [-0.2, 0) is 27.1 Å². The van der Waals surface area contributed by atoms with Gasteiger partial charge in [0.05, 0.1) is 16.0 Å². The minimum absolute atomic E-state index is 0.0746. The molecule has 0 saturated carbocycles. The average molecular weight is 534 g/mol. The van der Waals surface area contributed by atoms with Crippen molar-refractivity contribution in [1.82, 2.24) is 0 Å². The Bertz CT molecular complexity index is 1020. The number of nitrogens with one attached hydrogen (secondary N) is 2. The van der Waals surface area contributed by atoms with Crippen LogP contribution in [0, 0.1) is 31.0 Å². The van der Waals surface area contributed by atoms with E-state index in [1.165, 1.54) is 24.3 Å². The molecule has 0 saturated heterocycles. The van der Waals surface area contributed by atoms with E-state index in [4.69, 9.17) is 30.8 Å². The highest BCUT2D eigenvalue weighted by Crippen LogP contribution is 2.15. The second kappa shape index (κ2) is 19.5. The van der Waals surface area contributed by atoms with Crippen molar-refractivity contribution < 1.29 is 24.1 Å². The van der Waals surface area contributed by atoms with Gasteiger partial charge in [0.2, 0.25) is 0 Å². The van der Waals surface area contributed by atoms with E-state index < -0.39 is 9.85 Å². The first-order valence-corrected chi connectivity index (χ1v) is 11.8. The fourth-order valence-corrected chi connectivity index (χ4v) is 2.98. The molecule has 0 aromatic heterocycles. The molecule has 0 spiro atoms. The molecule has 0 fully saturated rings. The molecular weight excluding hydrogens is 494 g/mol. The van der Waals surface area contributed by atoms with Crippen LogP contribution in [0.5, 0.6) is 0 Å². The second-order valence-electron chi connectivity index (χ2n) is 8.31. The second-order valence-corrected chi connectivity index (χ2v) is 8.31. The van der Waals surface area contributed by atoms with Gasteiger partial charge in [-0.05, 0) is 37.8 Å². The molecule has 0 amide bonds. The summed E-state index contributed by atoms with van der Waals surface area (Å²) in [5, 5.41) is 36.1. The van der Waals surface area contributed by atoms with Crippen LogP contribution in [0.2, 0.25) is 0 Å². The van der Waals surface area contributed by atoms with Gasteiger partial charge in [-0.2, -0.15) is 0 Å². The minimum atomic E-state index is -0.428. The van der Waals surface area contributed by atoms with Crippen LogP contribution in [0.15, 0.2) is 48.5 Å². The third-order valence-corrected chi connectivity index (χ3v) is 5.10. The summed E-state index contributed by atoms with van der Waals surface area (Å²) in [6.07, 6.45) is 2.28. The fraction of sp³-hybridized carbons (Fsp3) is 0.462. The smallest absolute Gasteiger partial charge is 0.269 e. The zero-order chi connectivity index (χ0) is 29.1. The van der Waals surface area contributed by atoms with Crippen molar-refractivity contribution in [3.63, 3.8) is 0 Å². The van der Waals surface area contributed by atoms with E-state index in [1.54, 1.807) is 52.5 Å². The molecule has 2 rings (SSSR count). The lowest BCUT2D eigenvalue weighted by Gasteiger charge is -2.09. The van der Waals surface area contributed by atoms with Crippen molar-refractivity contribution in [1.29, 1.82) is 10.8 Å². The van der Waals surface area contributed by atoms with Gasteiger partial charge in [0, 0.05) is 76.4 Å². The Morgan fingerprint density at radius 2 is 1.37 bits per heavy atom. The van der Waals surface area contributed by atoms with Crippen molar-refractivity contribution in [2.75, 3.05) is 27.9 Å². The summed E-state index contributed by atoms with van der Waals surface area (Å²) in [5.74, 6) is 0. The van der Waals surface area contributed by atoms with Crippen LogP contribution in [0.4, 0.5) is 11.4 Å². The van der Waals surface area contributed by atoms with Gasteiger partial charge < -0.3 is 30.8 Å². The molecule has 1 atom stereocenters. The maximum atomic E-state index is 10.6. The molecule has 0 bridgehead atoms. The number of ether oxygens (including phenoxy) is 3. The van der Waals surface area contributed by atoms with Gasteiger partial charge in [-0.3, -0.25) is 20.2 Å². The molecule has 0 aliphatic carbocycles. The van der Waals surface area contributed by atoms with E-state index in [0.29, 0.717) is 37.2 Å². The Hall–Kier alpha value is -3.58. The first kappa shape index (κ1) is 34.4. The molecule has 2 aromatic rings. The maximum absolute atomic E-state index is 10.6. The summed E-state index contributed by atoms with van der Waals surface area (Å²) in [5.41, 5.74) is 7.98. The quantitative estimate of drug-likeness (QED) is 0.143. The fourth-order valence-electron chi connectivity index (χ4n) is 2.98. The zero-order valence-electron chi connectivity index (χ0n) is 22.6. The summed E-state index contributed by atoms with van der Waals surface area (Å²) in [4.78, 5) is 20.2. The summed E-state index contributed by atoms with van der Waals surface area (Å²) in [7, 11) is 4.76. The predicted molar refractivity (Wildman–Crippen MR) is 147 cm³/mol. The SMILES string of the molecule is CC(=N)Cc1cccc([N+](=O)[O-])c1.COC(C)CCC(=N)Cc1cccc([N+](=O)[O-])c1.COC(CN)OC.